The Kier molecular flexibility index (Phi) is 4.74. The molecule has 1 unspecified atom stereocenters. The Morgan fingerprint density at radius 3 is 3.08 bits per heavy atom. The highest BCUT2D eigenvalue weighted by molar-refractivity contribution is 5.95. The lowest BCUT2D eigenvalue weighted by Gasteiger charge is -2.17. The lowest BCUT2D eigenvalue weighted by molar-refractivity contribution is 0.0790. The number of methoxy groups -OCH3 is 1. The Morgan fingerprint density at radius 1 is 1.50 bits per heavy atom. The van der Waals surface area contributed by atoms with Crippen LogP contribution in [0.4, 0.5) is 0 Å². The van der Waals surface area contributed by atoms with E-state index in [9.17, 15) is 4.79 Å². The van der Waals surface area contributed by atoms with E-state index in [0.717, 1.165) is 6.42 Å². The van der Waals surface area contributed by atoms with Gasteiger partial charge in [-0.05, 0) is 24.6 Å². The maximum atomic E-state index is 12.7. The maximum Gasteiger partial charge on any atom is 0.254 e. The van der Waals surface area contributed by atoms with Crippen molar-refractivity contribution in [2.75, 3.05) is 26.8 Å². The number of H-pyrrole nitrogens is 1. The maximum absolute atomic E-state index is 12.7. The quantitative estimate of drug-likeness (QED) is 0.805. The largest absolute Gasteiger partial charge is 0.493 e. The molecule has 1 aliphatic heterocycles. The van der Waals surface area contributed by atoms with Crippen molar-refractivity contribution in [2.24, 2.45) is 0 Å². The van der Waals surface area contributed by atoms with Gasteiger partial charge in [-0.2, -0.15) is 5.21 Å². The number of carbonyl (C=O) groups is 1. The fourth-order valence-corrected chi connectivity index (χ4v) is 2.75. The summed E-state index contributed by atoms with van der Waals surface area (Å²) in [4.78, 5) is 14.5. The van der Waals surface area contributed by atoms with E-state index in [1.54, 1.807) is 36.3 Å². The van der Waals surface area contributed by atoms with Gasteiger partial charge in [0, 0.05) is 24.6 Å². The first-order valence-electron chi connectivity index (χ1n) is 7.67. The van der Waals surface area contributed by atoms with Gasteiger partial charge in [-0.25, -0.2) is 0 Å². The Hall–Kier alpha value is -2.90. The van der Waals surface area contributed by atoms with Crippen molar-refractivity contribution in [1.29, 1.82) is 0 Å². The third kappa shape index (κ3) is 3.22. The summed E-state index contributed by atoms with van der Waals surface area (Å²) in [5.74, 6) is 1.83. The Bertz CT molecular complexity index is 717. The minimum atomic E-state index is -0.0467. The van der Waals surface area contributed by atoms with Crippen molar-refractivity contribution < 1.29 is 14.3 Å². The number of aromatic amines is 1. The molecule has 1 saturated heterocycles. The summed E-state index contributed by atoms with van der Waals surface area (Å²) in [5, 5.41) is 14.0. The highest BCUT2D eigenvalue weighted by atomic mass is 16.5. The summed E-state index contributed by atoms with van der Waals surface area (Å²) in [7, 11) is 1.55. The Labute approximate surface area is 139 Å². The van der Waals surface area contributed by atoms with Crippen molar-refractivity contribution in [3.8, 4) is 11.5 Å². The number of tetrazole rings is 1. The molecule has 1 amide bonds. The van der Waals surface area contributed by atoms with Crippen molar-refractivity contribution >= 4 is 5.91 Å². The molecule has 3 rings (SSSR count). The molecule has 0 saturated carbocycles. The summed E-state index contributed by atoms with van der Waals surface area (Å²) >= 11 is 0. The molecule has 2 aromatic rings. The van der Waals surface area contributed by atoms with Crippen LogP contribution in [-0.4, -0.2) is 58.2 Å². The third-order valence-electron chi connectivity index (χ3n) is 3.97. The molecule has 0 spiro atoms. The molecule has 1 fully saturated rings. The molecular formula is C16H19N5O3. The number of ether oxygens (including phenoxy) is 2. The SMILES string of the molecule is C=CCOc1ccc(C(=O)N2CCC(c3nn[nH]n3)C2)cc1OC. The molecule has 1 aliphatic rings. The second-order valence-electron chi connectivity index (χ2n) is 5.47. The third-order valence-corrected chi connectivity index (χ3v) is 3.97. The van der Waals surface area contributed by atoms with Gasteiger partial charge >= 0.3 is 0 Å². The van der Waals surface area contributed by atoms with Gasteiger partial charge in [0.15, 0.2) is 17.3 Å². The van der Waals surface area contributed by atoms with Crippen LogP contribution >= 0.6 is 0 Å². The van der Waals surface area contributed by atoms with Gasteiger partial charge < -0.3 is 14.4 Å². The van der Waals surface area contributed by atoms with Crippen LogP contribution in [0.3, 0.4) is 0 Å². The standard InChI is InChI=1S/C16H19N5O3/c1-3-8-24-13-5-4-11(9-14(13)23-2)16(22)21-7-6-12(10-21)15-17-19-20-18-15/h3-5,9,12H,1,6-8,10H2,2H3,(H,17,18,19,20). The predicted molar refractivity (Wildman–Crippen MR) is 86.1 cm³/mol. The van der Waals surface area contributed by atoms with E-state index in [0.29, 0.717) is 42.6 Å². The molecule has 24 heavy (non-hydrogen) atoms. The van der Waals surface area contributed by atoms with Gasteiger partial charge in [-0.3, -0.25) is 4.79 Å². The van der Waals surface area contributed by atoms with E-state index in [4.69, 9.17) is 9.47 Å². The van der Waals surface area contributed by atoms with Crippen molar-refractivity contribution in [2.45, 2.75) is 12.3 Å². The Balaban J connectivity index is 1.72. The molecule has 0 aliphatic carbocycles. The highest BCUT2D eigenvalue weighted by Crippen LogP contribution is 2.30. The number of benzene rings is 1. The van der Waals surface area contributed by atoms with Crippen LogP contribution < -0.4 is 9.47 Å². The smallest absolute Gasteiger partial charge is 0.254 e. The molecule has 1 aromatic carbocycles. The lowest BCUT2D eigenvalue weighted by Crippen LogP contribution is -2.28. The minimum absolute atomic E-state index is 0.0467. The number of rotatable bonds is 6. The van der Waals surface area contributed by atoms with Crippen molar-refractivity contribution in [1.82, 2.24) is 25.5 Å². The topological polar surface area (TPSA) is 93.2 Å². The van der Waals surface area contributed by atoms with E-state index in [1.807, 2.05) is 0 Å². The number of amides is 1. The molecular weight excluding hydrogens is 310 g/mol. The average molecular weight is 329 g/mol. The zero-order valence-corrected chi connectivity index (χ0v) is 13.4. The van der Waals surface area contributed by atoms with Crippen LogP contribution in [0.25, 0.3) is 0 Å². The molecule has 0 bridgehead atoms. The molecule has 1 aromatic heterocycles. The van der Waals surface area contributed by atoms with Gasteiger partial charge in [-0.1, -0.05) is 17.9 Å². The Morgan fingerprint density at radius 2 is 2.38 bits per heavy atom. The van der Waals surface area contributed by atoms with Crippen molar-refractivity contribution in [3.63, 3.8) is 0 Å². The lowest BCUT2D eigenvalue weighted by atomic mass is 10.1. The number of hydrogen-bond donors (Lipinski definition) is 1. The van der Waals surface area contributed by atoms with Crippen LogP contribution in [0.1, 0.15) is 28.5 Å². The monoisotopic (exact) mass is 329 g/mol. The normalized spacial score (nSPS) is 16.9. The summed E-state index contributed by atoms with van der Waals surface area (Å²) in [6.45, 7) is 5.23. The van der Waals surface area contributed by atoms with E-state index >= 15 is 0 Å². The first-order valence-corrected chi connectivity index (χ1v) is 7.67. The predicted octanol–water partition coefficient (Wildman–Crippen LogP) is 1.40. The van der Waals surface area contributed by atoms with Crippen LogP contribution in [0.5, 0.6) is 11.5 Å². The number of nitrogens with zero attached hydrogens (tertiary/aromatic N) is 4. The molecule has 8 nitrogen and oxygen atoms in total. The fourth-order valence-electron chi connectivity index (χ4n) is 2.75. The van der Waals surface area contributed by atoms with E-state index in [1.165, 1.54) is 0 Å². The first kappa shape index (κ1) is 16.0. The molecule has 126 valence electrons. The second kappa shape index (κ2) is 7.12. The number of nitrogens with one attached hydrogen (secondary N) is 1. The van der Waals surface area contributed by atoms with Gasteiger partial charge in [0.2, 0.25) is 0 Å². The van der Waals surface area contributed by atoms with Gasteiger partial charge in [0.1, 0.15) is 6.61 Å². The summed E-state index contributed by atoms with van der Waals surface area (Å²) in [6, 6.07) is 5.18. The number of aromatic nitrogens is 4. The minimum Gasteiger partial charge on any atom is -0.493 e. The first-order chi connectivity index (χ1) is 11.7. The molecule has 8 heteroatoms. The summed E-state index contributed by atoms with van der Waals surface area (Å²) < 4.78 is 10.8. The van der Waals surface area contributed by atoms with Crippen LogP contribution in [0, 0.1) is 0 Å². The van der Waals surface area contributed by atoms with E-state index in [2.05, 4.69) is 27.2 Å². The van der Waals surface area contributed by atoms with Crippen LogP contribution in [-0.2, 0) is 0 Å². The highest BCUT2D eigenvalue weighted by Gasteiger charge is 2.30. The van der Waals surface area contributed by atoms with Gasteiger partial charge in [0.25, 0.3) is 5.91 Å². The molecule has 1 N–H and O–H groups in total. The van der Waals surface area contributed by atoms with Crippen molar-refractivity contribution in [3.05, 3.63) is 42.2 Å². The van der Waals surface area contributed by atoms with Gasteiger partial charge in [0.05, 0.1) is 7.11 Å². The molecule has 0 radical (unpaired) electrons. The molecule has 1 atom stereocenters. The zero-order valence-electron chi connectivity index (χ0n) is 13.4. The zero-order chi connectivity index (χ0) is 16.9. The number of likely N-dealkylation sites (tertiary alicyclic amines) is 1. The average Bonchev–Trinajstić information content (AvgIpc) is 3.30. The second-order valence-corrected chi connectivity index (χ2v) is 5.47. The van der Waals surface area contributed by atoms with E-state index in [-0.39, 0.29) is 11.8 Å². The number of carbonyl (C=O) groups excluding carboxylic acids is 1. The van der Waals surface area contributed by atoms with Crippen LogP contribution in [0.2, 0.25) is 0 Å². The van der Waals surface area contributed by atoms with Crippen LogP contribution in [0.15, 0.2) is 30.9 Å². The van der Waals surface area contributed by atoms with E-state index < -0.39 is 0 Å². The summed E-state index contributed by atoms with van der Waals surface area (Å²) in [5.41, 5.74) is 0.562. The number of hydrogen-bond acceptors (Lipinski definition) is 6. The fraction of sp³-hybridized carbons (Fsp3) is 0.375. The molecule has 2 heterocycles. The summed E-state index contributed by atoms with van der Waals surface area (Å²) in [6.07, 6.45) is 2.48. The van der Waals surface area contributed by atoms with Gasteiger partial charge in [-0.15, -0.1) is 10.2 Å².